The van der Waals surface area contributed by atoms with E-state index in [2.05, 4.69) is 60.7 Å². The van der Waals surface area contributed by atoms with Gasteiger partial charge in [0, 0.05) is 30.3 Å². The highest BCUT2D eigenvalue weighted by Crippen LogP contribution is 2.58. The lowest BCUT2D eigenvalue weighted by Gasteiger charge is -2.55. The number of hydrogen-bond acceptors (Lipinski definition) is 4. The van der Waals surface area contributed by atoms with Crippen LogP contribution in [0.25, 0.3) is 10.4 Å². The number of hydrogen-bond donors (Lipinski definition) is 0. The van der Waals surface area contributed by atoms with Gasteiger partial charge in [-0.3, -0.25) is 4.79 Å². The summed E-state index contributed by atoms with van der Waals surface area (Å²) in [5.41, 5.74) is 5.47. The van der Waals surface area contributed by atoms with Crippen molar-refractivity contribution >= 4 is 22.9 Å². The van der Waals surface area contributed by atoms with Gasteiger partial charge < -0.3 is 9.64 Å². The second-order valence-corrected chi connectivity index (χ2v) is 14.5. The van der Waals surface area contributed by atoms with Crippen molar-refractivity contribution in [3.63, 3.8) is 0 Å². The summed E-state index contributed by atoms with van der Waals surface area (Å²) in [5.74, 6) is 2.13. The van der Waals surface area contributed by atoms with E-state index in [0.29, 0.717) is 11.8 Å². The molecule has 0 aliphatic heterocycles. The summed E-state index contributed by atoms with van der Waals surface area (Å²) >= 11 is 1.83. The molecule has 1 heterocycles. The fraction of sp³-hybridized carbons (Fsp3) is 0.528. The molecule has 2 bridgehead atoms. The van der Waals surface area contributed by atoms with E-state index >= 15 is 0 Å². The van der Waals surface area contributed by atoms with Crippen molar-refractivity contribution in [2.24, 2.45) is 11.3 Å². The van der Waals surface area contributed by atoms with Crippen LogP contribution in [0.2, 0.25) is 0 Å². The lowest BCUT2D eigenvalue weighted by Crippen LogP contribution is -2.51. The van der Waals surface area contributed by atoms with Crippen molar-refractivity contribution in [3.8, 4) is 16.2 Å². The van der Waals surface area contributed by atoms with Crippen LogP contribution in [0, 0.1) is 24.7 Å². The van der Waals surface area contributed by atoms with Gasteiger partial charge in [-0.1, -0.05) is 24.3 Å². The second kappa shape index (κ2) is 10.9. The maximum atomic E-state index is 14.3. The molecule has 0 saturated heterocycles. The Kier molecular flexibility index (Phi) is 7.21. The maximum Gasteiger partial charge on any atom is 0.230 e. The van der Waals surface area contributed by atoms with Gasteiger partial charge in [-0.05, 0) is 136 Å². The molecule has 0 unspecified atom stereocenters. The fourth-order valence-corrected chi connectivity index (χ4v) is 9.02. The number of anilines is 1. The molecular formula is C36H43N2O2S. The summed E-state index contributed by atoms with van der Waals surface area (Å²) in [5, 5.41) is 1.27. The summed E-state index contributed by atoms with van der Waals surface area (Å²) in [7, 11) is 1.76. The Morgan fingerprint density at radius 3 is 2.44 bits per heavy atom. The van der Waals surface area contributed by atoms with E-state index in [1.807, 2.05) is 17.5 Å². The van der Waals surface area contributed by atoms with Crippen LogP contribution in [0.1, 0.15) is 99.1 Å². The first kappa shape index (κ1) is 27.2. The van der Waals surface area contributed by atoms with Gasteiger partial charge in [0.25, 0.3) is 0 Å². The molecular weight excluding hydrogens is 524 g/mol. The van der Waals surface area contributed by atoms with E-state index in [9.17, 15) is 4.79 Å². The van der Waals surface area contributed by atoms with Crippen LogP contribution in [0.4, 0.5) is 5.69 Å². The Hall–Kier alpha value is -2.66. The van der Waals surface area contributed by atoms with Crippen molar-refractivity contribution < 1.29 is 9.53 Å². The SMILES string of the molecule is COc1ccc(C23CCC(CN(C(=O)C4CC[CH]CC4)c4cccc(-c5cnc(C6CC6)s5)c4)(CC2)CC3)cc1C. The van der Waals surface area contributed by atoms with E-state index in [-0.39, 0.29) is 16.7 Å². The Morgan fingerprint density at radius 2 is 1.76 bits per heavy atom. The third kappa shape index (κ3) is 5.24. The molecule has 0 spiro atoms. The zero-order valence-corrected chi connectivity index (χ0v) is 25.5. The second-order valence-electron chi connectivity index (χ2n) is 13.4. The molecule has 1 amide bonds. The van der Waals surface area contributed by atoms with Crippen LogP contribution in [0.5, 0.6) is 5.75 Å². The van der Waals surface area contributed by atoms with Crippen LogP contribution >= 0.6 is 11.3 Å². The van der Waals surface area contributed by atoms with Crippen LogP contribution < -0.4 is 9.64 Å². The highest BCUT2D eigenvalue weighted by molar-refractivity contribution is 7.15. The fourth-order valence-electron chi connectivity index (χ4n) is 7.93. The number of fused-ring (bicyclic) bond motifs is 3. The van der Waals surface area contributed by atoms with E-state index in [1.165, 1.54) is 77.9 Å². The lowest BCUT2D eigenvalue weighted by molar-refractivity contribution is -0.123. The quantitative estimate of drug-likeness (QED) is 0.273. The van der Waals surface area contributed by atoms with Gasteiger partial charge in [0.2, 0.25) is 5.91 Å². The molecule has 8 rings (SSSR count). The molecule has 5 heteroatoms. The number of carbonyl (C=O) groups excluding carboxylic acids is 1. The average molecular weight is 568 g/mol. The van der Waals surface area contributed by atoms with Crippen LogP contribution in [-0.4, -0.2) is 24.5 Å². The Bertz CT molecular complexity index is 1390. The van der Waals surface area contributed by atoms with Crippen LogP contribution in [0.3, 0.4) is 0 Å². The number of ether oxygens (including phenoxy) is 1. The largest absolute Gasteiger partial charge is 0.496 e. The first-order valence-electron chi connectivity index (χ1n) is 15.8. The number of rotatable bonds is 8. The summed E-state index contributed by atoms with van der Waals surface area (Å²) in [6, 6.07) is 15.6. The predicted molar refractivity (Wildman–Crippen MR) is 168 cm³/mol. The normalized spacial score (nSPS) is 26.2. The van der Waals surface area contributed by atoms with Crippen LogP contribution in [-0.2, 0) is 10.2 Å². The van der Waals surface area contributed by atoms with E-state index in [1.54, 1.807) is 7.11 Å². The zero-order chi connectivity index (χ0) is 28.0. The lowest BCUT2D eigenvalue weighted by atomic mass is 9.51. The van der Waals surface area contributed by atoms with Crippen molar-refractivity contribution in [1.82, 2.24) is 4.98 Å². The molecule has 5 aliphatic carbocycles. The number of amides is 1. The summed E-state index contributed by atoms with van der Waals surface area (Å²) < 4.78 is 5.55. The Balaban J connectivity index is 1.15. The summed E-state index contributed by atoms with van der Waals surface area (Å²) in [6.45, 7) is 3.01. The van der Waals surface area contributed by atoms with Crippen LogP contribution in [0.15, 0.2) is 48.7 Å². The average Bonchev–Trinajstić information content (AvgIpc) is 3.77. The number of benzene rings is 2. The molecule has 5 saturated carbocycles. The number of carbonyl (C=O) groups is 1. The summed E-state index contributed by atoms with van der Waals surface area (Å²) in [4.78, 5) is 22.4. The minimum absolute atomic E-state index is 0.137. The Morgan fingerprint density at radius 1 is 1.00 bits per heavy atom. The van der Waals surface area contributed by atoms with Crippen molar-refractivity contribution in [3.05, 3.63) is 71.2 Å². The van der Waals surface area contributed by atoms with Gasteiger partial charge in [-0.2, -0.15) is 0 Å². The third-order valence-corrected chi connectivity index (χ3v) is 12.1. The van der Waals surface area contributed by atoms with Crippen molar-refractivity contribution in [2.45, 2.75) is 95.3 Å². The van der Waals surface area contributed by atoms with E-state index < -0.39 is 0 Å². The standard InChI is InChI=1S/C36H43N2O2S/c1-25-21-29(13-14-31(25)40-2)36-18-15-35(16-19-36,17-20-36)24-38(34(39)27-7-4-3-5-8-27)30-10-6-9-28(22-30)32-23-37-33(41-32)26-11-12-26/h3,6,9-10,13-14,21-23,26-27H,4-5,7-8,11-12,15-20,24H2,1-2H3. The molecule has 1 radical (unpaired) electrons. The highest BCUT2D eigenvalue weighted by Gasteiger charge is 2.50. The van der Waals surface area contributed by atoms with Gasteiger partial charge in [-0.15, -0.1) is 11.3 Å². The highest BCUT2D eigenvalue weighted by atomic mass is 32.1. The third-order valence-electron chi connectivity index (χ3n) is 10.8. The molecule has 3 aromatic rings. The van der Waals surface area contributed by atoms with E-state index in [4.69, 9.17) is 9.72 Å². The minimum Gasteiger partial charge on any atom is -0.496 e. The molecule has 4 nitrogen and oxygen atoms in total. The molecule has 0 N–H and O–H groups in total. The number of thiazole rings is 1. The first-order valence-corrected chi connectivity index (χ1v) is 16.6. The molecule has 5 fully saturated rings. The molecule has 215 valence electrons. The number of nitrogens with zero attached hydrogens (tertiary/aromatic N) is 2. The maximum absolute atomic E-state index is 14.3. The van der Waals surface area contributed by atoms with Gasteiger partial charge in [-0.25, -0.2) is 4.98 Å². The zero-order valence-electron chi connectivity index (χ0n) is 24.7. The molecule has 1 aromatic heterocycles. The van der Waals surface area contributed by atoms with E-state index in [0.717, 1.165) is 43.7 Å². The van der Waals surface area contributed by atoms with Gasteiger partial charge in [0.1, 0.15) is 5.75 Å². The molecule has 41 heavy (non-hydrogen) atoms. The molecule has 2 aromatic carbocycles. The predicted octanol–water partition coefficient (Wildman–Crippen LogP) is 9.02. The monoisotopic (exact) mass is 567 g/mol. The molecule has 0 atom stereocenters. The van der Waals surface area contributed by atoms with Gasteiger partial charge in [0.05, 0.1) is 17.0 Å². The first-order chi connectivity index (χ1) is 20.0. The Labute approximate surface area is 249 Å². The smallest absolute Gasteiger partial charge is 0.230 e. The summed E-state index contributed by atoms with van der Waals surface area (Å²) in [6.07, 6.45) is 18.3. The number of aromatic nitrogens is 1. The van der Waals surface area contributed by atoms with Gasteiger partial charge >= 0.3 is 0 Å². The van der Waals surface area contributed by atoms with Crippen molar-refractivity contribution in [2.75, 3.05) is 18.6 Å². The number of methoxy groups -OCH3 is 1. The minimum atomic E-state index is 0.137. The van der Waals surface area contributed by atoms with Crippen molar-refractivity contribution in [1.29, 1.82) is 0 Å². The van der Waals surface area contributed by atoms with Gasteiger partial charge in [0.15, 0.2) is 0 Å². The molecule has 5 aliphatic rings. The topological polar surface area (TPSA) is 42.4 Å². The number of aryl methyl sites for hydroxylation is 1.